The predicted octanol–water partition coefficient (Wildman–Crippen LogP) is 2.93. The van der Waals surface area contributed by atoms with E-state index in [0.29, 0.717) is 0 Å². The number of carbonyl (C=O) groups excluding carboxylic acids is 1. The lowest BCUT2D eigenvalue weighted by Crippen LogP contribution is -2.16. The van der Waals surface area contributed by atoms with Gasteiger partial charge in [0.1, 0.15) is 6.04 Å². The molecule has 0 saturated heterocycles. The molecule has 0 saturated carbocycles. The molecule has 0 N–H and O–H groups in total. The van der Waals surface area contributed by atoms with Crippen LogP contribution in [0.2, 0.25) is 0 Å². The molecule has 1 aromatic carbocycles. The van der Waals surface area contributed by atoms with E-state index in [1.807, 2.05) is 43.5 Å². The molecule has 1 aromatic heterocycles. The van der Waals surface area contributed by atoms with Crippen molar-refractivity contribution < 1.29 is 4.79 Å². The summed E-state index contributed by atoms with van der Waals surface area (Å²) in [7, 11) is 0. The van der Waals surface area contributed by atoms with E-state index < -0.39 is 0 Å². The van der Waals surface area contributed by atoms with E-state index >= 15 is 0 Å². The van der Waals surface area contributed by atoms with Crippen molar-refractivity contribution in [3.63, 3.8) is 0 Å². The summed E-state index contributed by atoms with van der Waals surface area (Å²) in [5, 5.41) is 4.15. The highest BCUT2D eigenvalue weighted by molar-refractivity contribution is 14.1. The van der Waals surface area contributed by atoms with Crippen LogP contribution in [-0.2, 0) is 0 Å². The molecule has 82 valence electrons. The van der Waals surface area contributed by atoms with Gasteiger partial charge in [-0.05, 0) is 29.5 Å². The molecule has 0 amide bonds. The molecule has 0 bridgehead atoms. The maximum Gasteiger partial charge on any atom is 0.187 e. The van der Waals surface area contributed by atoms with Crippen LogP contribution in [0.25, 0.3) is 0 Å². The minimum absolute atomic E-state index is 0.0834. The number of aromatic nitrogens is 2. The average Bonchev–Trinajstić information content (AvgIpc) is 2.75. The molecule has 2 rings (SSSR count). The second kappa shape index (κ2) is 4.78. The van der Waals surface area contributed by atoms with E-state index in [0.717, 1.165) is 9.13 Å². The van der Waals surface area contributed by atoms with Crippen molar-refractivity contribution in [3.8, 4) is 0 Å². The average molecular weight is 326 g/mol. The fourth-order valence-electron chi connectivity index (χ4n) is 1.49. The first kappa shape index (κ1) is 11.3. The van der Waals surface area contributed by atoms with E-state index in [4.69, 9.17) is 0 Å². The van der Waals surface area contributed by atoms with Crippen molar-refractivity contribution in [1.29, 1.82) is 0 Å². The lowest BCUT2D eigenvalue weighted by atomic mass is 10.1. The van der Waals surface area contributed by atoms with Crippen molar-refractivity contribution in [2.45, 2.75) is 13.0 Å². The van der Waals surface area contributed by atoms with Crippen LogP contribution in [0, 0.1) is 3.57 Å². The first-order valence-electron chi connectivity index (χ1n) is 4.97. The molecule has 4 heteroatoms. The van der Waals surface area contributed by atoms with Gasteiger partial charge >= 0.3 is 0 Å². The summed E-state index contributed by atoms with van der Waals surface area (Å²) in [5.41, 5.74) is 0.723. The van der Waals surface area contributed by atoms with Gasteiger partial charge in [-0.1, -0.05) is 30.3 Å². The Balaban J connectivity index is 2.23. The van der Waals surface area contributed by atoms with Crippen LogP contribution in [0.1, 0.15) is 23.3 Å². The molecular weight excluding hydrogens is 315 g/mol. The molecule has 0 aliphatic carbocycles. The second-order valence-electron chi connectivity index (χ2n) is 3.54. The summed E-state index contributed by atoms with van der Waals surface area (Å²) in [6.45, 7) is 1.86. The zero-order chi connectivity index (χ0) is 11.5. The van der Waals surface area contributed by atoms with E-state index in [2.05, 4.69) is 27.7 Å². The van der Waals surface area contributed by atoms with E-state index in [1.54, 1.807) is 10.9 Å². The lowest BCUT2D eigenvalue weighted by molar-refractivity contribution is 0.0928. The largest absolute Gasteiger partial charge is 0.292 e. The van der Waals surface area contributed by atoms with Gasteiger partial charge in [0.2, 0.25) is 0 Å². The molecule has 0 fully saturated rings. The van der Waals surface area contributed by atoms with Gasteiger partial charge in [0.25, 0.3) is 0 Å². The molecule has 2 aromatic rings. The Labute approximate surface area is 108 Å². The molecule has 0 spiro atoms. The zero-order valence-corrected chi connectivity index (χ0v) is 11.0. The van der Waals surface area contributed by atoms with E-state index in [1.165, 1.54) is 0 Å². The van der Waals surface area contributed by atoms with Crippen molar-refractivity contribution >= 4 is 28.4 Å². The third kappa shape index (κ3) is 2.32. The number of halogens is 1. The Bertz CT molecular complexity index is 493. The smallest absolute Gasteiger partial charge is 0.187 e. The highest BCUT2D eigenvalue weighted by Gasteiger charge is 2.17. The first-order valence-corrected chi connectivity index (χ1v) is 6.05. The van der Waals surface area contributed by atoms with Gasteiger partial charge < -0.3 is 0 Å². The third-order valence-electron chi connectivity index (χ3n) is 2.40. The van der Waals surface area contributed by atoms with Crippen molar-refractivity contribution in [3.05, 3.63) is 51.9 Å². The third-order valence-corrected chi connectivity index (χ3v) is 2.96. The first-order chi connectivity index (χ1) is 7.68. The van der Waals surface area contributed by atoms with Crippen LogP contribution >= 0.6 is 22.6 Å². The number of nitrogens with zero attached hydrogens (tertiary/aromatic N) is 2. The van der Waals surface area contributed by atoms with Gasteiger partial charge in [0.15, 0.2) is 5.78 Å². The van der Waals surface area contributed by atoms with Crippen LogP contribution in [-0.4, -0.2) is 15.6 Å². The van der Waals surface area contributed by atoms with Crippen molar-refractivity contribution in [1.82, 2.24) is 9.78 Å². The number of ketones is 1. The topological polar surface area (TPSA) is 34.9 Å². The van der Waals surface area contributed by atoms with Gasteiger partial charge in [0, 0.05) is 11.8 Å². The van der Waals surface area contributed by atoms with Crippen molar-refractivity contribution in [2.24, 2.45) is 0 Å². The van der Waals surface area contributed by atoms with Crippen LogP contribution < -0.4 is 0 Å². The number of benzene rings is 1. The number of hydrogen-bond donors (Lipinski definition) is 0. The zero-order valence-electron chi connectivity index (χ0n) is 8.80. The summed E-state index contributed by atoms with van der Waals surface area (Å²) >= 11 is 2.18. The molecule has 1 atom stereocenters. The summed E-state index contributed by atoms with van der Waals surface area (Å²) in [4.78, 5) is 12.1. The molecule has 1 unspecified atom stereocenters. The fourth-order valence-corrected chi connectivity index (χ4v) is 1.90. The van der Waals surface area contributed by atoms with Crippen LogP contribution in [0.15, 0.2) is 42.7 Å². The number of Topliss-reactive ketones (excluding diaryl/α,β-unsaturated/α-hetero) is 1. The molecule has 16 heavy (non-hydrogen) atoms. The molecule has 3 nitrogen and oxygen atoms in total. The lowest BCUT2D eigenvalue weighted by Gasteiger charge is -2.10. The molecule has 0 radical (unpaired) electrons. The van der Waals surface area contributed by atoms with Crippen LogP contribution in [0.5, 0.6) is 0 Å². The summed E-state index contributed by atoms with van der Waals surface area (Å²) < 4.78 is 2.72. The van der Waals surface area contributed by atoms with Crippen LogP contribution in [0.4, 0.5) is 0 Å². The van der Waals surface area contributed by atoms with Gasteiger partial charge in [-0.15, -0.1) is 0 Å². The van der Waals surface area contributed by atoms with Crippen LogP contribution in [0.3, 0.4) is 0 Å². The molecule has 0 aliphatic rings. The molecular formula is C12H11IN2O. The summed E-state index contributed by atoms with van der Waals surface area (Å²) in [5.74, 6) is 0.0834. The highest BCUT2D eigenvalue weighted by atomic mass is 127. The molecule has 0 aliphatic heterocycles. The summed E-state index contributed by atoms with van der Waals surface area (Å²) in [6, 6.07) is 9.03. The number of carbonyl (C=O) groups is 1. The van der Waals surface area contributed by atoms with E-state index in [-0.39, 0.29) is 11.8 Å². The Morgan fingerprint density at radius 1 is 1.38 bits per heavy atom. The Kier molecular flexibility index (Phi) is 3.38. The Morgan fingerprint density at radius 2 is 2.06 bits per heavy atom. The number of hydrogen-bond acceptors (Lipinski definition) is 2. The maximum atomic E-state index is 12.1. The van der Waals surface area contributed by atoms with Gasteiger partial charge in [-0.25, -0.2) is 0 Å². The monoisotopic (exact) mass is 326 g/mol. The predicted molar refractivity (Wildman–Crippen MR) is 70.4 cm³/mol. The highest BCUT2D eigenvalue weighted by Crippen LogP contribution is 2.14. The summed E-state index contributed by atoms with van der Waals surface area (Å²) in [6.07, 6.45) is 3.61. The number of rotatable bonds is 3. The van der Waals surface area contributed by atoms with Gasteiger partial charge in [0.05, 0.1) is 9.77 Å². The Morgan fingerprint density at radius 3 is 2.62 bits per heavy atom. The Hall–Kier alpha value is -1.17. The fraction of sp³-hybridized carbons (Fsp3) is 0.167. The van der Waals surface area contributed by atoms with Crippen molar-refractivity contribution in [2.75, 3.05) is 0 Å². The van der Waals surface area contributed by atoms with E-state index in [9.17, 15) is 4.79 Å². The normalized spacial score (nSPS) is 12.4. The maximum absolute atomic E-state index is 12.1. The second-order valence-corrected chi connectivity index (χ2v) is 4.79. The van der Waals surface area contributed by atoms with Gasteiger partial charge in [-0.2, -0.15) is 5.10 Å². The minimum atomic E-state index is -0.258. The van der Waals surface area contributed by atoms with Gasteiger partial charge in [-0.3, -0.25) is 9.48 Å². The molecule has 1 heterocycles. The SMILES string of the molecule is CC(C(=O)c1ccccc1)n1cc(I)cn1. The quantitative estimate of drug-likeness (QED) is 0.642. The standard InChI is InChI=1S/C12H11IN2O/c1-9(15-8-11(13)7-14-15)12(16)10-5-3-2-4-6-10/h2-9H,1H3. The minimum Gasteiger partial charge on any atom is -0.292 e.